The lowest BCUT2D eigenvalue weighted by atomic mass is 10.1. The first-order valence-electron chi connectivity index (χ1n) is 8.86. The van der Waals surface area contributed by atoms with Crippen molar-refractivity contribution in [3.8, 4) is 11.5 Å². The lowest BCUT2D eigenvalue weighted by molar-refractivity contribution is -0.117. The number of carbonyl (C=O) groups is 3. The smallest absolute Gasteiger partial charge is 0.338 e. The predicted molar refractivity (Wildman–Crippen MR) is 102 cm³/mol. The van der Waals surface area contributed by atoms with Gasteiger partial charge in [-0.25, -0.2) is 4.79 Å². The lowest BCUT2D eigenvalue weighted by Crippen LogP contribution is -2.24. The Bertz CT molecular complexity index is 908. The Morgan fingerprint density at radius 2 is 1.89 bits per heavy atom. The van der Waals surface area contributed by atoms with Crippen LogP contribution >= 0.6 is 0 Å². The number of hydrogen-bond donors (Lipinski definition) is 0. The van der Waals surface area contributed by atoms with Crippen LogP contribution in [-0.2, 0) is 9.53 Å². The molecular weight excluding hydrogens is 362 g/mol. The monoisotopic (exact) mass is 383 g/mol. The number of ether oxygens (including phenoxy) is 3. The van der Waals surface area contributed by atoms with Gasteiger partial charge in [0.1, 0.15) is 11.5 Å². The molecule has 0 aromatic heterocycles. The summed E-state index contributed by atoms with van der Waals surface area (Å²) < 4.78 is 15.5. The maximum absolute atomic E-state index is 12.4. The van der Waals surface area contributed by atoms with Gasteiger partial charge in [-0.05, 0) is 36.8 Å². The van der Waals surface area contributed by atoms with Gasteiger partial charge < -0.3 is 19.1 Å². The van der Waals surface area contributed by atoms with Crippen LogP contribution in [0.1, 0.15) is 33.6 Å². The van der Waals surface area contributed by atoms with Crippen LogP contribution in [0.2, 0.25) is 0 Å². The van der Waals surface area contributed by atoms with Gasteiger partial charge in [0.15, 0.2) is 6.61 Å². The minimum absolute atomic E-state index is 0.0345. The van der Waals surface area contributed by atoms with E-state index >= 15 is 0 Å². The maximum Gasteiger partial charge on any atom is 0.338 e. The van der Waals surface area contributed by atoms with Crippen molar-refractivity contribution < 1.29 is 28.6 Å². The molecule has 0 aliphatic carbocycles. The van der Waals surface area contributed by atoms with Crippen molar-refractivity contribution in [1.82, 2.24) is 0 Å². The number of Topliss-reactive ketones (excluding diaryl/α,β-unsaturated/α-hetero) is 1. The number of benzene rings is 2. The summed E-state index contributed by atoms with van der Waals surface area (Å²) in [5, 5.41) is 0. The number of amides is 1. The Morgan fingerprint density at radius 3 is 2.57 bits per heavy atom. The Morgan fingerprint density at radius 1 is 1.07 bits per heavy atom. The van der Waals surface area contributed by atoms with Crippen molar-refractivity contribution >= 4 is 23.3 Å². The van der Waals surface area contributed by atoms with Gasteiger partial charge in [0.25, 0.3) is 0 Å². The standard InChI is InChI=1S/C21H21NO6/c1-26-16-8-9-17(19(12-16)27-2)18(23)13-28-21(25)14-5-3-6-15(11-14)22-10-4-7-20(22)24/h3,5-6,8-9,11-12H,4,7,10,13H2,1-2H3. The minimum Gasteiger partial charge on any atom is -0.497 e. The molecule has 1 saturated heterocycles. The molecule has 0 atom stereocenters. The van der Waals surface area contributed by atoms with Crippen molar-refractivity contribution in [2.45, 2.75) is 12.8 Å². The molecule has 1 amide bonds. The van der Waals surface area contributed by atoms with Crippen LogP contribution in [0.4, 0.5) is 5.69 Å². The topological polar surface area (TPSA) is 82.1 Å². The van der Waals surface area contributed by atoms with E-state index < -0.39 is 18.4 Å². The zero-order valence-electron chi connectivity index (χ0n) is 15.8. The molecule has 28 heavy (non-hydrogen) atoms. The summed E-state index contributed by atoms with van der Waals surface area (Å²) >= 11 is 0. The zero-order valence-corrected chi connectivity index (χ0v) is 15.8. The van der Waals surface area contributed by atoms with Crippen molar-refractivity contribution in [2.75, 3.05) is 32.3 Å². The molecule has 7 nitrogen and oxygen atoms in total. The third-order valence-corrected chi connectivity index (χ3v) is 4.51. The molecule has 0 N–H and O–H groups in total. The quantitative estimate of drug-likeness (QED) is 0.540. The average molecular weight is 383 g/mol. The van der Waals surface area contributed by atoms with Gasteiger partial charge in [-0.3, -0.25) is 9.59 Å². The average Bonchev–Trinajstić information content (AvgIpc) is 3.17. The van der Waals surface area contributed by atoms with Crippen LogP contribution < -0.4 is 14.4 Å². The number of carbonyl (C=O) groups excluding carboxylic acids is 3. The molecule has 7 heteroatoms. The van der Waals surface area contributed by atoms with Gasteiger partial charge in [0, 0.05) is 24.7 Å². The molecule has 0 bridgehead atoms. The van der Waals surface area contributed by atoms with E-state index in [-0.39, 0.29) is 11.5 Å². The summed E-state index contributed by atoms with van der Waals surface area (Å²) in [4.78, 5) is 38.3. The van der Waals surface area contributed by atoms with Crippen molar-refractivity contribution in [3.63, 3.8) is 0 Å². The molecule has 1 heterocycles. The molecule has 0 unspecified atom stereocenters. The number of esters is 1. The van der Waals surface area contributed by atoms with Crippen LogP contribution in [0, 0.1) is 0 Å². The summed E-state index contributed by atoms with van der Waals surface area (Å²) in [6.45, 7) is 0.210. The number of nitrogens with zero attached hydrogens (tertiary/aromatic N) is 1. The number of rotatable bonds is 7. The van der Waals surface area contributed by atoms with E-state index in [1.165, 1.54) is 14.2 Å². The molecule has 0 saturated carbocycles. The van der Waals surface area contributed by atoms with Crippen molar-refractivity contribution in [1.29, 1.82) is 0 Å². The highest BCUT2D eigenvalue weighted by molar-refractivity contribution is 6.02. The van der Waals surface area contributed by atoms with Crippen LogP contribution in [0.15, 0.2) is 42.5 Å². The van der Waals surface area contributed by atoms with E-state index in [4.69, 9.17) is 14.2 Å². The molecule has 3 rings (SSSR count). The van der Waals surface area contributed by atoms with Crippen LogP contribution in [-0.4, -0.2) is 45.0 Å². The molecule has 1 fully saturated rings. The van der Waals surface area contributed by atoms with Gasteiger partial charge in [-0.15, -0.1) is 0 Å². The number of methoxy groups -OCH3 is 2. The van der Waals surface area contributed by atoms with E-state index in [1.54, 1.807) is 47.4 Å². The van der Waals surface area contributed by atoms with Crippen LogP contribution in [0.5, 0.6) is 11.5 Å². The SMILES string of the molecule is COc1ccc(C(=O)COC(=O)c2cccc(N3CCCC3=O)c2)c(OC)c1. The van der Waals surface area contributed by atoms with E-state index in [9.17, 15) is 14.4 Å². The minimum atomic E-state index is -0.630. The first kappa shape index (κ1) is 19.4. The molecule has 0 radical (unpaired) electrons. The van der Waals surface area contributed by atoms with Gasteiger partial charge in [0.2, 0.25) is 11.7 Å². The number of hydrogen-bond acceptors (Lipinski definition) is 6. The van der Waals surface area contributed by atoms with E-state index in [2.05, 4.69) is 0 Å². The van der Waals surface area contributed by atoms with Crippen LogP contribution in [0.3, 0.4) is 0 Å². The third-order valence-electron chi connectivity index (χ3n) is 4.51. The second kappa shape index (κ2) is 8.56. The number of ketones is 1. The van der Waals surface area contributed by atoms with Gasteiger partial charge in [-0.1, -0.05) is 6.07 Å². The molecule has 1 aliphatic rings. The molecule has 2 aromatic carbocycles. The Labute approximate surface area is 162 Å². The first-order valence-corrected chi connectivity index (χ1v) is 8.86. The number of anilines is 1. The highest BCUT2D eigenvalue weighted by Gasteiger charge is 2.23. The molecular formula is C21H21NO6. The van der Waals surface area contributed by atoms with Gasteiger partial charge >= 0.3 is 5.97 Å². The highest BCUT2D eigenvalue weighted by Crippen LogP contribution is 2.25. The lowest BCUT2D eigenvalue weighted by Gasteiger charge is -2.16. The van der Waals surface area contributed by atoms with Crippen molar-refractivity contribution in [3.05, 3.63) is 53.6 Å². The van der Waals surface area contributed by atoms with E-state index in [0.717, 1.165) is 6.42 Å². The molecule has 2 aromatic rings. The maximum atomic E-state index is 12.4. The normalized spacial score (nSPS) is 13.4. The van der Waals surface area contributed by atoms with E-state index in [0.29, 0.717) is 35.7 Å². The fraction of sp³-hybridized carbons (Fsp3) is 0.286. The first-order chi connectivity index (χ1) is 13.5. The Kier molecular flexibility index (Phi) is 5.93. The summed E-state index contributed by atoms with van der Waals surface area (Å²) in [5.41, 5.74) is 1.24. The van der Waals surface area contributed by atoms with E-state index in [1.807, 2.05) is 0 Å². The largest absolute Gasteiger partial charge is 0.497 e. The fourth-order valence-electron chi connectivity index (χ4n) is 3.04. The second-order valence-electron chi connectivity index (χ2n) is 6.26. The molecule has 0 spiro atoms. The Balaban J connectivity index is 1.67. The summed E-state index contributed by atoms with van der Waals surface area (Å²) in [6, 6.07) is 11.4. The third kappa shape index (κ3) is 4.14. The van der Waals surface area contributed by atoms with Crippen molar-refractivity contribution in [2.24, 2.45) is 0 Å². The predicted octanol–water partition coefficient (Wildman–Crippen LogP) is 2.87. The fourth-order valence-corrected chi connectivity index (χ4v) is 3.04. The summed E-state index contributed by atoms with van der Waals surface area (Å²) in [7, 11) is 2.96. The van der Waals surface area contributed by atoms with Gasteiger partial charge in [-0.2, -0.15) is 0 Å². The highest BCUT2D eigenvalue weighted by atomic mass is 16.5. The van der Waals surface area contributed by atoms with Crippen LogP contribution in [0.25, 0.3) is 0 Å². The molecule has 1 aliphatic heterocycles. The Hall–Kier alpha value is -3.35. The van der Waals surface area contributed by atoms with Gasteiger partial charge in [0.05, 0.1) is 25.3 Å². The molecule has 146 valence electrons. The summed E-state index contributed by atoms with van der Waals surface area (Å²) in [5.74, 6) is -0.0889. The zero-order chi connectivity index (χ0) is 20.1. The summed E-state index contributed by atoms with van der Waals surface area (Å²) in [6.07, 6.45) is 1.30. The second-order valence-corrected chi connectivity index (χ2v) is 6.26.